The van der Waals surface area contributed by atoms with Gasteiger partial charge in [-0.25, -0.2) is 28.5 Å². The van der Waals surface area contributed by atoms with E-state index in [9.17, 15) is 22.0 Å². The highest BCUT2D eigenvalue weighted by Crippen LogP contribution is 2.28. The number of imidazole rings is 1. The van der Waals surface area contributed by atoms with Crippen LogP contribution in [0.2, 0.25) is 0 Å². The maximum absolute atomic E-state index is 14.6. The van der Waals surface area contributed by atoms with Crippen molar-refractivity contribution in [3.05, 3.63) is 79.0 Å². The molecule has 0 atom stereocenters. The number of carboxylic acids is 1. The zero-order valence-corrected chi connectivity index (χ0v) is 20.1. The van der Waals surface area contributed by atoms with Crippen LogP contribution in [0.3, 0.4) is 0 Å². The number of nitrogens with one attached hydrogen (secondary N) is 1. The Bertz CT molecular complexity index is 1410. The Hall–Kier alpha value is -4.59. The van der Waals surface area contributed by atoms with Crippen molar-refractivity contribution in [2.24, 2.45) is 0 Å². The molecule has 14 heteroatoms. The number of carboxylic acid groups (broad SMARTS) is 1. The molecule has 204 valence electrons. The number of carbonyl (C=O) groups is 1. The molecule has 9 nitrogen and oxygen atoms in total. The van der Waals surface area contributed by atoms with E-state index >= 15 is 0 Å². The molecule has 2 N–H and O–H groups in total. The molecular formula is C25H21F5N6O3. The second-order valence-electron chi connectivity index (χ2n) is 8.13. The Morgan fingerprint density at radius 3 is 2.33 bits per heavy atom. The molecule has 0 amide bonds. The van der Waals surface area contributed by atoms with Crippen molar-refractivity contribution >= 4 is 23.3 Å². The van der Waals surface area contributed by atoms with E-state index in [1.165, 1.54) is 12.1 Å². The fourth-order valence-corrected chi connectivity index (χ4v) is 3.60. The molecule has 1 aliphatic rings. The first-order valence-corrected chi connectivity index (χ1v) is 11.4. The summed E-state index contributed by atoms with van der Waals surface area (Å²) in [6, 6.07) is 12.0. The number of hydrogen-bond acceptors (Lipinski definition) is 7. The van der Waals surface area contributed by atoms with Crippen LogP contribution in [-0.4, -0.2) is 63.1 Å². The molecule has 0 spiro atoms. The summed E-state index contributed by atoms with van der Waals surface area (Å²) in [5.74, 6) is -3.61. The lowest BCUT2D eigenvalue weighted by atomic mass is 10.1. The van der Waals surface area contributed by atoms with E-state index in [0.29, 0.717) is 37.6 Å². The Morgan fingerprint density at radius 2 is 1.72 bits per heavy atom. The number of halogens is 5. The van der Waals surface area contributed by atoms with Crippen LogP contribution < -0.4 is 10.2 Å². The fourth-order valence-electron chi connectivity index (χ4n) is 3.60. The summed E-state index contributed by atoms with van der Waals surface area (Å²) in [7, 11) is 0. The first-order valence-electron chi connectivity index (χ1n) is 11.4. The SMILES string of the molecule is Fc1cc(-c2nc(Nc3ccc(-n4ccnc4)cc3)ncc2F)cc(N2CCOCC2)c1.O=C(O)C(F)(F)F. The normalized spacial score (nSPS) is 13.4. The number of nitrogens with zero attached hydrogens (tertiary/aromatic N) is 5. The Labute approximate surface area is 218 Å². The lowest BCUT2D eigenvalue weighted by Crippen LogP contribution is -2.36. The van der Waals surface area contributed by atoms with E-state index in [1.807, 2.05) is 39.9 Å². The number of benzene rings is 2. The fraction of sp³-hybridized carbons (Fsp3) is 0.200. The van der Waals surface area contributed by atoms with Crippen LogP contribution >= 0.6 is 0 Å². The quantitative estimate of drug-likeness (QED) is 0.342. The molecule has 1 fully saturated rings. The van der Waals surface area contributed by atoms with Crippen LogP contribution in [0.15, 0.2) is 67.4 Å². The standard InChI is InChI=1S/C23H20F2N6O.C2HF3O2/c24-17-11-16(12-20(13-17)30-7-9-32-10-8-30)22-21(25)14-27-23(29-22)28-18-1-3-19(4-2-18)31-6-5-26-15-31;3-2(4,5)1(6)7/h1-6,11-15H,7-10H2,(H,27,28,29);(H,6,7). The van der Waals surface area contributed by atoms with E-state index in [4.69, 9.17) is 14.6 Å². The number of hydrogen-bond donors (Lipinski definition) is 2. The molecule has 39 heavy (non-hydrogen) atoms. The third kappa shape index (κ3) is 7.25. The lowest BCUT2D eigenvalue weighted by molar-refractivity contribution is -0.192. The Morgan fingerprint density at radius 1 is 1.03 bits per heavy atom. The van der Waals surface area contributed by atoms with Gasteiger partial charge >= 0.3 is 12.1 Å². The highest BCUT2D eigenvalue weighted by molar-refractivity contribution is 5.73. The van der Waals surface area contributed by atoms with Gasteiger partial charge < -0.3 is 24.6 Å². The molecule has 1 aliphatic heterocycles. The predicted molar refractivity (Wildman–Crippen MR) is 131 cm³/mol. The number of anilines is 3. The van der Waals surface area contributed by atoms with Gasteiger partial charge in [0, 0.05) is 48.1 Å². The molecule has 0 saturated carbocycles. The monoisotopic (exact) mass is 548 g/mol. The first kappa shape index (κ1) is 27.4. The number of ether oxygens (including phenoxy) is 1. The minimum atomic E-state index is -5.08. The third-order valence-electron chi connectivity index (χ3n) is 5.44. The van der Waals surface area contributed by atoms with Crippen LogP contribution in [0.1, 0.15) is 0 Å². The largest absolute Gasteiger partial charge is 0.490 e. The van der Waals surface area contributed by atoms with Crippen LogP contribution in [0.5, 0.6) is 0 Å². The number of aliphatic carboxylic acids is 1. The van der Waals surface area contributed by atoms with Crippen molar-refractivity contribution in [3.63, 3.8) is 0 Å². The molecule has 2 aromatic carbocycles. The zero-order valence-electron chi connectivity index (χ0n) is 20.1. The van der Waals surface area contributed by atoms with Crippen molar-refractivity contribution in [1.82, 2.24) is 19.5 Å². The second-order valence-corrected chi connectivity index (χ2v) is 8.13. The van der Waals surface area contributed by atoms with Crippen molar-refractivity contribution in [2.45, 2.75) is 6.18 Å². The van der Waals surface area contributed by atoms with Gasteiger partial charge in [-0.15, -0.1) is 0 Å². The number of alkyl halides is 3. The smallest absolute Gasteiger partial charge is 0.475 e. The molecular weight excluding hydrogens is 527 g/mol. The molecule has 3 heterocycles. The molecule has 0 unspecified atom stereocenters. The van der Waals surface area contributed by atoms with E-state index < -0.39 is 23.8 Å². The molecule has 4 aromatic rings. The van der Waals surface area contributed by atoms with E-state index in [-0.39, 0.29) is 11.6 Å². The topological polar surface area (TPSA) is 105 Å². The van der Waals surface area contributed by atoms with Gasteiger partial charge in [-0.1, -0.05) is 0 Å². The molecule has 5 rings (SSSR count). The van der Waals surface area contributed by atoms with Crippen LogP contribution in [0.25, 0.3) is 16.9 Å². The van der Waals surface area contributed by atoms with E-state index in [2.05, 4.69) is 20.3 Å². The number of morpholine rings is 1. The number of rotatable bonds is 5. The highest BCUT2D eigenvalue weighted by atomic mass is 19.4. The predicted octanol–water partition coefficient (Wildman–Crippen LogP) is 4.82. The van der Waals surface area contributed by atoms with Gasteiger partial charge in [0.15, 0.2) is 5.82 Å². The summed E-state index contributed by atoms with van der Waals surface area (Å²) >= 11 is 0. The van der Waals surface area contributed by atoms with Gasteiger partial charge in [-0.05, 0) is 42.5 Å². The summed E-state index contributed by atoms with van der Waals surface area (Å²) in [6.07, 6.45) is 1.27. The average Bonchev–Trinajstić information content (AvgIpc) is 3.45. The van der Waals surface area contributed by atoms with Crippen molar-refractivity contribution < 1.29 is 36.6 Å². The molecule has 0 aliphatic carbocycles. The molecule has 0 bridgehead atoms. The number of aromatic nitrogens is 4. The summed E-state index contributed by atoms with van der Waals surface area (Å²) in [5.41, 5.74) is 2.74. The summed E-state index contributed by atoms with van der Waals surface area (Å²) < 4.78 is 67.9. The van der Waals surface area contributed by atoms with Gasteiger partial charge in [-0.2, -0.15) is 13.2 Å². The van der Waals surface area contributed by atoms with E-state index in [0.717, 1.165) is 17.6 Å². The molecule has 0 radical (unpaired) electrons. The zero-order chi connectivity index (χ0) is 28.0. The van der Waals surface area contributed by atoms with E-state index in [1.54, 1.807) is 18.6 Å². The third-order valence-corrected chi connectivity index (χ3v) is 5.44. The lowest BCUT2D eigenvalue weighted by Gasteiger charge is -2.29. The highest BCUT2D eigenvalue weighted by Gasteiger charge is 2.38. The Balaban J connectivity index is 0.000000448. The molecule has 1 saturated heterocycles. The van der Waals surface area contributed by atoms with Gasteiger partial charge in [0.2, 0.25) is 5.95 Å². The average molecular weight is 548 g/mol. The van der Waals surface area contributed by atoms with Gasteiger partial charge in [0.05, 0.1) is 25.7 Å². The maximum Gasteiger partial charge on any atom is 0.490 e. The van der Waals surface area contributed by atoms with Crippen molar-refractivity contribution in [2.75, 3.05) is 36.5 Å². The summed E-state index contributed by atoms with van der Waals surface area (Å²) in [4.78, 5) is 23.3. The van der Waals surface area contributed by atoms with Crippen LogP contribution in [0.4, 0.5) is 39.3 Å². The second kappa shape index (κ2) is 11.9. The maximum atomic E-state index is 14.6. The summed E-state index contributed by atoms with van der Waals surface area (Å²) in [6.45, 7) is 2.44. The van der Waals surface area contributed by atoms with Crippen molar-refractivity contribution in [3.8, 4) is 16.9 Å². The van der Waals surface area contributed by atoms with Crippen LogP contribution in [0, 0.1) is 11.6 Å². The Kier molecular flexibility index (Phi) is 8.34. The van der Waals surface area contributed by atoms with Gasteiger partial charge in [0.1, 0.15) is 11.5 Å². The molecule has 2 aromatic heterocycles. The minimum absolute atomic E-state index is 0.0338. The first-order chi connectivity index (χ1) is 18.6. The van der Waals surface area contributed by atoms with Crippen LogP contribution in [-0.2, 0) is 9.53 Å². The van der Waals surface area contributed by atoms with Gasteiger partial charge in [-0.3, -0.25) is 0 Å². The van der Waals surface area contributed by atoms with Crippen molar-refractivity contribution in [1.29, 1.82) is 0 Å². The minimum Gasteiger partial charge on any atom is -0.475 e. The van der Waals surface area contributed by atoms with Gasteiger partial charge in [0.25, 0.3) is 0 Å². The summed E-state index contributed by atoms with van der Waals surface area (Å²) in [5, 5.41) is 10.2.